The van der Waals surface area contributed by atoms with Gasteiger partial charge in [0.25, 0.3) is 5.91 Å². The highest BCUT2D eigenvalue weighted by atomic mass is 32.1. The van der Waals surface area contributed by atoms with E-state index in [4.69, 9.17) is 11.0 Å². The van der Waals surface area contributed by atoms with Gasteiger partial charge in [-0.2, -0.15) is 5.26 Å². The van der Waals surface area contributed by atoms with Crippen LogP contribution in [0.4, 0.5) is 10.7 Å². The van der Waals surface area contributed by atoms with Crippen LogP contribution in [0, 0.1) is 11.3 Å². The molecule has 0 fully saturated rings. The molecule has 1 aromatic heterocycles. The Kier molecular flexibility index (Phi) is 3.91. The van der Waals surface area contributed by atoms with Crippen molar-refractivity contribution in [3.05, 3.63) is 23.1 Å². The average Bonchev–Trinajstić information content (AvgIpc) is 2.62. The summed E-state index contributed by atoms with van der Waals surface area (Å²) in [6, 6.07) is 1.96. The molecule has 0 aliphatic heterocycles. The molecule has 1 aromatic rings. The van der Waals surface area contributed by atoms with Crippen LogP contribution < -0.4 is 16.4 Å². The summed E-state index contributed by atoms with van der Waals surface area (Å²) in [6.07, 6.45) is 1.66. The monoisotopic (exact) mass is 236 g/mol. The lowest BCUT2D eigenvalue weighted by molar-refractivity contribution is 0.0965. The van der Waals surface area contributed by atoms with Crippen molar-refractivity contribution in [2.24, 2.45) is 0 Å². The largest absolute Gasteiger partial charge is 0.396 e. The Morgan fingerprint density at radius 2 is 2.44 bits per heavy atom. The third kappa shape index (κ3) is 2.15. The van der Waals surface area contributed by atoms with Gasteiger partial charge in [-0.25, -0.2) is 0 Å². The normalized spacial score (nSPS) is 9.25. The molecule has 0 aliphatic carbocycles. The Balaban J connectivity index is 3.20. The number of carbonyl (C=O) groups is 1. The second kappa shape index (κ2) is 5.19. The van der Waals surface area contributed by atoms with Crippen molar-refractivity contribution >= 4 is 27.9 Å². The summed E-state index contributed by atoms with van der Waals surface area (Å²) in [5.41, 5.74) is 6.27. The van der Waals surface area contributed by atoms with Crippen molar-refractivity contribution in [2.75, 3.05) is 24.6 Å². The molecule has 0 saturated carbocycles. The molecule has 0 bridgehead atoms. The minimum atomic E-state index is -0.304. The second-order valence-electron chi connectivity index (χ2n) is 2.91. The predicted octanol–water partition coefficient (Wildman–Crippen LogP) is 1.16. The van der Waals surface area contributed by atoms with E-state index in [1.54, 1.807) is 6.08 Å². The second-order valence-corrected chi connectivity index (χ2v) is 3.93. The van der Waals surface area contributed by atoms with Gasteiger partial charge in [0.15, 0.2) is 0 Å². The summed E-state index contributed by atoms with van der Waals surface area (Å²) in [5, 5.41) is 14.9. The first-order valence-corrected chi connectivity index (χ1v) is 5.36. The number of nitrogens with zero attached hydrogens (tertiary/aromatic N) is 1. The molecule has 16 heavy (non-hydrogen) atoms. The Morgan fingerprint density at radius 1 is 1.75 bits per heavy atom. The third-order valence-corrected chi connectivity index (χ3v) is 2.98. The summed E-state index contributed by atoms with van der Waals surface area (Å²) in [6.45, 7) is 4.07. The summed E-state index contributed by atoms with van der Waals surface area (Å²) in [5.74, 6) is -0.304. The highest BCUT2D eigenvalue weighted by Gasteiger charge is 2.20. The van der Waals surface area contributed by atoms with E-state index < -0.39 is 0 Å². The zero-order valence-corrected chi connectivity index (χ0v) is 9.65. The van der Waals surface area contributed by atoms with Crippen LogP contribution in [0.15, 0.2) is 12.7 Å². The van der Waals surface area contributed by atoms with Gasteiger partial charge < -0.3 is 16.4 Å². The molecule has 1 amide bonds. The van der Waals surface area contributed by atoms with Crippen molar-refractivity contribution in [1.29, 1.82) is 5.26 Å². The molecule has 1 heterocycles. The predicted molar refractivity (Wildman–Crippen MR) is 65.5 cm³/mol. The maximum absolute atomic E-state index is 11.6. The fourth-order valence-electron chi connectivity index (χ4n) is 1.17. The van der Waals surface area contributed by atoms with E-state index in [0.29, 0.717) is 22.0 Å². The number of amides is 1. The topological polar surface area (TPSA) is 90.9 Å². The Labute approximate surface area is 97.6 Å². The van der Waals surface area contributed by atoms with Gasteiger partial charge in [0.2, 0.25) is 0 Å². The maximum atomic E-state index is 11.6. The molecule has 0 unspecified atom stereocenters. The van der Waals surface area contributed by atoms with Gasteiger partial charge in [0.1, 0.15) is 15.9 Å². The van der Waals surface area contributed by atoms with Gasteiger partial charge in [0, 0.05) is 13.6 Å². The van der Waals surface area contributed by atoms with Crippen molar-refractivity contribution in [1.82, 2.24) is 5.32 Å². The fourth-order valence-corrected chi connectivity index (χ4v) is 2.09. The number of nitrogens with two attached hydrogens (primary N) is 1. The number of carbonyl (C=O) groups excluding carboxylic acids is 1. The Hall–Kier alpha value is -2.00. The fraction of sp³-hybridized carbons (Fsp3) is 0.200. The lowest BCUT2D eigenvalue weighted by Gasteiger charge is -2.04. The van der Waals surface area contributed by atoms with Gasteiger partial charge in [0.05, 0.1) is 11.3 Å². The van der Waals surface area contributed by atoms with E-state index in [-0.39, 0.29) is 11.6 Å². The lowest BCUT2D eigenvalue weighted by atomic mass is 10.2. The molecule has 6 heteroatoms. The van der Waals surface area contributed by atoms with Crippen LogP contribution in [0.3, 0.4) is 0 Å². The lowest BCUT2D eigenvalue weighted by Crippen LogP contribution is -2.20. The summed E-state index contributed by atoms with van der Waals surface area (Å²) >= 11 is 1.16. The van der Waals surface area contributed by atoms with Crippen LogP contribution in [0.25, 0.3) is 0 Å². The highest BCUT2D eigenvalue weighted by Crippen LogP contribution is 2.34. The molecule has 1 rings (SSSR count). The molecule has 0 saturated heterocycles. The van der Waals surface area contributed by atoms with Crippen molar-refractivity contribution in [3.8, 4) is 6.07 Å². The van der Waals surface area contributed by atoms with E-state index in [2.05, 4.69) is 17.2 Å². The summed E-state index contributed by atoms with van der Waals surface area (Å²) in [4.78, 5) is 11.9. The summed E-state index contributed by atoms with van der Waals surface area (Å²) < 4.78 is 0. The third-order valence-electron chi connectivity index (χ3n) is 1.91. The Bertz CT molecular complexity index is 458. The molecular formula is C10H12N4OS. The maximum Gasteiger partial charge on any atom is 0.256 e. The van der Waals surface area contributed by atoms with Crippen LogP contribution in [0.1, 0.15) is 15.2 Å². The first kappa shape index (κ1) is 12.1. The number of thiophene rings is 1. The van der Waals surface area contributed by atoms with Crippen molar-refractivity contribution < 1.29 is 4.79 Å². The molecule has 4 N–H and O–H groups in total. The summed E-state index contributed by atoms with van der Waals surface area (Å²) in [7, 11) is 1.52. The SMILES string of the molecule is C=CCNc1sc(C#N)c(N)c1C(=O)NC. The molecule has 0 atom stereocenters. The van der Waals surface area contributed by atoms with Gasteiger partial charge >= 0.3 is 0 Å². The van der Waals surface area contributed by atoms with Gasteiger partial charge in [-0.15, -0.1) is 17.9 Å². The van der Waals surface area contributed by atoms with Crippen LogP contribution in [-0.2, 0) is 0 Å². The highest BCUT2D eigenvalue weighted by molar-refractivity contribution is 7.17. The number of nitrogens with one attached hydrogen (secondary N) is 2. The van der Waals surface area contributed by atoms with E-state index in [9.17, 15) is 4.79 Å². The number of nitriles is 1. The van der Waals surface area contributed by atoms with E-state index in [0.717, 1.165) is 11.3 Å². The quantitative estimate of drug-likeness (QED) is 0.684. The van der Waals surface area contributed by atoms with E-state index in [1.165, 1.54) is 7.05 Å². The average molecular weight is 236 g/mol. The van der Waals surface area contributed by atoms with Gasteiger partial charge in [-0.3, -0.25) is 4.79 Å². The van der Waals surface area contributed by atoms with Gasteiger partial charge in [-0.1, -0.05) is 6.08 Å². The first-order valence-electron chi connectivity index (χ1n) is 4.54. The molecule has 84 valence electrons. The molecule has 5 nitrogen and oxygen atoms in total. The number of nitrogen functional groups attached to an aromatic ring is 1. The number of rotatable bonds is 4. The smallest absolute Gasteiger partial charge is 0.256 e. The minimum Gasteiger partial charge on any atom is -0.396 e. The molecule has 0 aliphatic rings. The van der Waals surface area contributed by atoms with E-state index in [1.807, 2.05) is 6.07 Å². The van der Waals surface area contributed by atoms with Crippen LogP contribution in [0.2, 0.25) is 0 Å². The van der Waals surface area contributed by atoms with E-state index >= 15 is 0 Å². The number of anilines is 2. The van der Waals surface area contributed by atoms with Crippen LogP contribution >= 0.6 is 11.3 Å². The molecule has 0 aromatic carbocycles. The van der Waals surface area contributed by atoms with Crippen LogP contribution in [0.5, 0.6) is 0 Å². The van der Waals surface area contributed by atoms with Crippen molar-refractivity contribution in [2.45, 2.75) is 0 Å². The first-order chi connectivity index (χ1) is 7.65. The number of hydrogen-bond donors (Lipinski definition) is 3. The Morgan fingerprint density at radius 3 is 2.94 bits per heavy atom. The zero-order valence-electron chi connectivity index (χ0n) is 8.83. The van der Waals surface area contributed by atoms with Crippen molar-refractivity contribution in [3.63, 3.8) is 0 Å². The zero-order chi connectivity index (χ0) is 12.1. The molecule has 0 radical (unpaired) electrons. The molecular weight excluding hydrogens is 224 g/mol. The molecule has 0 spiro atoms. The standard InChI is InChI=1S/C10H12N4OS/c1-3-4-14-10-7(9(15)13-2)8(12)6(5-11)16-10/h3,14H,1,4,12H2,2H3,(H,13,15). The number of hydrogen-bond acceptors (Lipinski definition) is 5. The van der Waals surface area contributed by atoms with Gasteiger partial charge in [-0.05, 0) is 0 Å². The van der Waals surface area contributed by atoms with Crippen LogP contribution in [-0.4, -0.2) is 19.5 Å². The minimum absolute atomic E-state index is 0.221.